The van der Waals surface area contributed by atoms with Gasteiger partial charge in [-0.25, -0.2) is 18.9 Å². The van der Waals surface area contributed by atoms with E-state index >= 15 is 4.39 Å². The van der Waals surface area contributed by atoms with Crippen LogP contribution in [0.5, 0.6) is 0 Å². The van der Waals surface area contributed by atoms with Crippen LogP contribution in [0.15, 0.2) is 79.3 Å². The molecule has 16 heteroatoms. The molecule has 2 atom stereocenters. The lowest BCUT2D eigenvalue weighted by molar-refractivity contribution is -0.141. The van der Waals surface area contributed by atoms with E-state index in [1.807, 2.05) is 20.8 Å². The van der Waals surface area contributed by atoms with Crippen LogP contribution >= 0.6 is 0 Å². The fraction of sp³-hybridized carbons (Fsp3) is 0.432. The lowest BCUT2D eigenvalue weighted by atomic mass is 9.79. The molecule has 2 amide bonds. The van der Waals surface area contributed by atoms with Gasteiger partial charge in [-0.1, -0.05) is 25.0 Å². The minimum absolute atomic E-state index is 0.0373. The number of carbonyl (C=O) groups excluding carboxylic acids is 2. The van der Waals surface area contributed by atoms with E-state index < -0.39 is 68.2 Å². The van der Waals surface area contributed by atoms with Gasteiger partial charge in [-0.2, -0.15) is 18.3 Å². The molecule has 2 N–H and O–H groups in total. The van der Waals surface area contributed by atoms with Crippen LogP contribution in [0.4, 0.5) is 33.9 Å². The zero-order valence-electron chi connectivity index (χ0n) is 35.2. The summed E-state index contributed by atoms with van der Waals surface area (Å²) in [5, 5.41) is 7.28. The Labute approximate surface area is 350 Å². The Morgan fingerprint density at radius 3 is 2.18 bits per heavy atom. The molecule has 0 unspecified atom stereocenters. The van der Waals surface area contributed by atoms with E-state index in [1.165, 1.54) is 35.4 Å². The zero-order chi connectivity index (χ0) is 44.0. The zero-order valence-corrected chi connectivity index (χ0v) is 36.0. The average molecular weight is 850 g/mol. The molecule has 1 saturated carbocycles. The highest BCUT2D eigenvalue weighted by molar-refractivity contribution is 7.90. The van der Waals surface area contributed by atoms with Gasteiger partial charge in [-0.3, -0.25) is 14.7 Å². The number of hydrogen-bond acceptors (Lipinski definition) is 8. The number of alkyl halides is 3. The predicted octanol–water partition coefficient (Wildman–Crippen LogP) is 10.3. The van der Waals surface area contributed by atoms with Gasteiger partial charge in [-0.05, 0) is 140 Å². The van der Waals surface area contributed by atoms with Gasteiger partial charge >= 0.3 is 12.3 Å². The minimum Gasteiger partial charge on any atom is -0.598 e. The van der Waals surface area contributed by atoms with Crippen LogP contribution in [0, 0.1) is 11.7 Å². The van der Waals surface area contributed by atoms with Gasteiger partial charge in [-0.15, -0.1) is 4.72 Å². The van der Waals surface area contributed by atoms with E-state index in [0.717, 1.165) is 29.5 Å². The second-order valence-corrected chi connectivity index (χ2v) is 20.1. The van der Waals surface area contributed by atoms with E-state index in [2.05, 4.69) is 25.1 Å². The number of hydrogen-bond donors (Lipinski definition) is 2. The first-order chi connectivity index (χ1) is 27.9. The highest BCUT2D eigenvalue weighted by Crippen LogP contribution is 2.43. The fourth-order valence-electron chi connectivity index (χ4n) is 6.79. The van der Waals surface area contributed by atoms with Crippen LogP contribution < -0.4 is 14.9 Å². The molecule has 1 aliphatic rings. The molecule has 0 spiro atoms. The Balaban J connectivity index is 1.45. The first-order valence-electron chi connectivity index (χ1n) is 19.7. The van der Waals surface area contributed by atoms with Crippen LogP contribution in [-0.4, -0.2) is 52.2 Å². The molecule has 60 heavy (non-hydrogen) atoms. The van der Waals surface area contributed by atoms with Gasteiger partial charge in [0.1, 0.15) is 33.2 Å². The number of nitrogens with zero attached hydrogens (tertiary/aromatic N) is 5. The maximum absolute atomic E-state index is 15.8. The second kappa shape index (κ2) is 16.4. The van der Waals surface area contributed by atoms with Crippen LogP contribution in [0.25, 0.3) is 16.5 Å². The van der Waals surface area contributed by atoms with Crippen LogP contribution in [-0.2, 0) is 27.8 Å². The summed E-state index contributed by atoms with van der Waals surface area (Å²) in [4.78, 5) is 37.8. The van der Waals surface area contributed by atoms with Crippen LogP contribution in [0.1, 0.15) is 115 Å². The highest BCUT2D eigenvalue weighted by atomic mass is 32.2. The van der Waals surface area contributed by atoms with Crippen molar-refractivity contribution in [3.63, 3.8) is 0 Å². The summed E-state index contributed by atoms with van der Waals surface area (Å²) < 4.78 is 81.9. The molecule has 1 fully saturated rings. The predicted molar refractivity (Wildman–Crippen MR) is 225 cm³/mol. The van der Waals surface area contributed by atoms with Gasteiger partial charge < -0.3 is 14.6 Å². The smallest absolute Gasteiger partial charge is 0.435 e. The minimum atomic E-state index is -4.95. The quantitative estimate of drug-likeness (QED) is 0.0990. The topological polar surface area (TPSA) is 137 Å². The van der Waals surface area contributed by atoms with Crippen molar-refractivity contribution >= 4 is 45.6 Å². The van der Waals surface area contributed by atoms with Crippen molar-refractivity contribution in [3.8, 4) is 5.69 Å². The maximum Gasteiger partial charge on any atom is 0.435 e. The maximum atomic E-state index is 15.8. The van der Waals surface area contributed by atoms with E-state index in [1.54, 1.807) is 84.3 Å². The summed E-state index contributed by atoms with van der Waals surface area (Å²) in [5.74, 6) is -1.29. The first-order valence-corrected chi connectivity index (χ1v) is 20.8. The number of amides is 2. The highest BCUT2D eigenvalue weighted by Gasteiger charge is 2.44. The molecule has 0 aliphatic heterocycles. The van der Waals surface area contributed by atoms with E-state index in [0.29, 0.717) is 34.7 Å². The number of ether oxygens (including phenoxy) is 1. The SMILES string of the molecule is CC(C)(C)OC(=O)N(c1nccc2ccc(-n3nc(C(F)(F)F)cc3C(=O)Nc3cc([C@@](CCC4CC4)(N[S@+]([O-])C(C)(C)C)c4ccncc4)ccc3F)cc12)C(C)(C)C. The number of benzene rings is 2. The second-order valence-electron chi connectivity index (χ2n) is 18.1. The van der Waals surface area contributed by atoms with Crippen molar-refractivity contribution in [2.75, 3.05) is 10.2 Å². The van der Waals surface area contributed by atoms with Crippen molar-refractivity contribution in [2.24, 2.45) is 5.92 Å². The summed E-state index contributed by atoms with van der Waals surface area (Å²) in [6, 6.07) is 14.6. The van der Waals surface area contributed by atoms with Gasteiger partial charge in [0.2, 0.25) is 0 Å². The normalized spacial score (nSPS) is 15.4. The molecule has 6 rings (SSSR count). The molecule has 3 aromatic heterocycles. The van der Waals surface area contributed by atoms with E-state index in [9.17, 15) is 27.3 Å². The number of carbonyl (C=O) groups is 2. The van der Waals surface area contributed by atoms with Gasteiger partial charge in [0.15, 0.2) is 5.69 Å². The molecule has 1 aliphatic carbocycles. The Hall–Kier alpha value is -5.06. The molecular formula is C44H51F4N7O4S. The third-order valence-electron chi connectivity index (χ3n) is 9.99. The third kappa shape index (κ3) is 9.93. The monoisotopic (exact) mass is 849 g/mol. The van der Waals surface area contributed by atoms with Crippen molar-refractivity contribution in [2.45, 2.75) is 116 Å². The number of rotatable bonds is 11. The van der Waals surface area contributed by atoms with Crippen molar-refractivity contribution in [1.29, 1.82) is 0 Å². The molecule has 0 saturated heterocycles. The number of nitrogens with one attached hydrogen (secondary N) is 2. The molecule has 0 radical (unpaired) electrons. The third-order valence-corrected chi connectivity index (χ3v) is 11.6. The number of fused-ring (bicyclic) bond motifs is 1. The molecule has 320 valence electrons. The lowest BCUT2D eigenvalue weighted by Gasteiger charge is -2.38. The number of anilines is 2. The lowest BCUT2D eigenvalue weighted by Crippen LogP contribution is -2.52. The summed E-state index contributed by atoms with van der Waals surface area (Å²) in [6.45, 7) is 16.0. The standard InChI is InChI=1S/C44H51F4N7O4S/c1-40(2,3)54(39(57)59-41(4,5)6)37-32-25-31(14-12-28(32)17-23-50-37)55-35(26-36(52-55)44(46,47)48)38(56)51-34-24-30(13-15-33(34)45)43(20-16-27-10-11-27,29-18-21-49-22-19-29)53-60(58)42(7,8)9/h12-15,17-19,21-27,53H,10-11,16,20H2,1-9H3,(H,51,56)/t43-,60+/m0/s1. The van der Waals surface area contributed by atoms with Gasteiger partial charge in [0.05, 0.1) is 11.4 Å². The Morgan fingerprint density at radius 2 is 1.58 bits per heavy atom. The van der Waals surface area contributed by atoms with E-state index in [-0.39, 0.29) is 17.2 Å². The summed E-state index contributed by atoms with van der Waals surface area (Å²) >= 11 is -1.61. The first kappa shape index (κ1) is 44.5. The molecular weight excluding hydrogens is 799 g/mol. The number of pyridine rings is 2. The van der Waals surface area contributed by atoms with E-state index in [4.69, 9.17) is 4.74 Å². The largest absolute Gasteiger partial charge is 0.598 e. The van der Waals surface area contributed by atoms with Crippen molar-refractivity contribution < 1.29 is 36.4 Å². The Morgan fingerprint density at radius 1 is 0.900 bits per heavy atom. The Kier molecular flexibility index (Phi) is 12.2. The number of aromatic nitrogens is 4. The molecule has 0 bridgehead atoms. The van der Waals surface area contributed by atoms with Crippen LogP contribution in [0.3, 0.4) is 0 Å². The van der Waals surface area contributed by atoms with Gasteiger partial charge in [0.25, 0.3) is 5.91 Å². The number of halogens is 4. The van der Waals surface area contributed by atoms with Gasteiger partial charge in [0, 0.05) is 46.9 Å². The molecule has 3 heterocycles. The van der Waals surface area contributed by atoms with Crippen LogP contribution in [0.2, 0.25) is 0 Å². The van der Waals surface area contributed by atoms with Crippen molar-refractivity contribution in [3.05, 3.63) is 108 Å². The average Bonchev–Trinajstić information content (AvgIpc) is 3.86. The molecule has 5 aromatic rings. The summed E-state index contributed by atoms with van der Waals surface area (Å²) in [7, 11) is 0. The summed E-state index contributed by atoms with van der Waals surface area (Å²) in [6.07, 6.45) is 2.44. The fourth-order valence-corrected chi connectivity index (χ4v) is 7.75. The van der Waals surface area contributed by atoms with Crippen molar-refractivity contribution in [1.82, 2.24) is 24.5 Å². The molecule has 11 nitrogen and oxygen atoms in total. The summed E-state index contributed by atoms with van der Waals surface area (Å²) in [5.41, 5.74) is -3.81. The Bertz CT molecular complexity index is 2370. The molecule has 2 aromatic carbocycles.